The number of hydrogen-bond donors (Lipinski definition) is 0. The fourth-order valence-electron chi connectivity index (χ4n) is 5.60. The molecule has 0 radical (unpaired) electrons. The van der Waals surface area contributed by atoms with Gasteiger partial charge in [-0.15, -0.1) is 0 Å². The molecular formula is C31H39N5O3. The summed E-state index contributed by atoms with van der Waals surface area (Å²) in [6.07, 6.45) is 2.90. The van der Waals surface area contributed by atoms with Crippen LogP contribution in [0.1, 0.15) is 62.8 Å². The molecule has 3 aromatic rings. The lowest BCUT2D eigenvalue weighted by molar-refractivity contribution is 0.0712. The summed E-state index contributed by atoms with van der Waals surface area (Å²) in [7, 11) is 3.95. The van der Waals surface area contributed by atoms with Crippen LogP contribution in [0.3, 0.4) is 0 Å². The Kier molecular flexibility index (Phi) is 8.31. The van der Waals surface area contributed by atoms with Crippen LogP contribution in [-0.4, -0.2) is 83.2 Å². The van der Waals surface area contributed by atoms with Gasteiger partial charge in [0, 0.05) is 38.3 Å². The summed E-state index contributed by atoms with van der Waals surface area (Å²) in [5.74, 6) is 1.03. The fourth-order valence-corrected chi connectivity index (χ4v) is 5.60. The predicted molar refractivity (Wildman–Crippen MR) is 151 cm³/mol. The number of carbonyl (C=O) groups is 2. The minimum Gasteiger partial charge on any atom is -0.491 e. The zero-order valence-electron chi connectivity index (χ0n) is 23.3. The maximum atomic E-state index is 13.7. The summed E-state index contributed by atoms with van der Waals surface area (Å²) in [5.41, 5.74) is 4.51. The van der Waals surface area contributed by atoms with E-state index in [1.807, 2.05) is 11.0 Å². The summed E-state index contributed by atoms with van der Waals surface area (Å²) < 4.78 is 7.91. The number of fused-ring (bicyclic) bond motifs is 2. The molecule has 1 atom stereocenters. The van der Waals surface area contributed by atoms with Crippen LogP contribution in [0.5, 0.6) is 5.75 Å². The molecular weight excluding hydrogens is 490 g/mol. The summed E-state index contributed by atoms with van der Waals surface area (Å²) in [4.78, 5) is 32.2. The van der Waals surface area contributed by atoms with Crippen LogP contribution in [0.25, 0.3) is 0 Å². The molecule has 1 aromatic heterocycles. The highest BCUT2D eigenvalue weighted by Crippen LogP contribution is 2.27. The lowest BCUT2D eigenvalue weighted by atomic mass is 9.91. The van der Waals surface area contributed by atoms with Crippen LogP contribution in [-0.2, 0) is 13.1 Å². The van der Waals surface area contributed by atoms with E-state index in [4.69, 9.17) is 4.74 Å². The lowest BCUT2D eigenvalue weighted by Gasteiger charge is -2.27. The van der Waals surface area contributed by atoms with Crippen LogP contribution in [0.4, 0.5) is 0 Å². The van der Waals surface area contributed by atoms with Gasteiger partial charge in [0.15, 0.2) is 5.69 Å². The van der Waals surface area contributed by atoms with Crippen LogP contribution >= 0.6 is 0 Å². The highest BCUT2D eigenvalue weighted by atomic mass is 16.5. The maximum absolute atomic E-state index is 13.7. The van der Waals surface area contributed by atoms with Crippen molar-refractivity contribution in [2.75, 3.05) is 46.9 Å². The molecule has 2 aromatic carbocycles. The second-order valence-electron chi connectivity index (χ2n) is 10.9. The number of carbonyl (C=O) groups excluding carboxylic acids is 2. The Bertz CT molecular complexity index is 1300. The van der Waals surface area contributed by atoms with Gasteiger partial charge in [-0.25, -0.2) is 0 Å². The van der Waals surface area contributed by atoms with Crippen molar-refractivity contribution in [1.29, 1.82) is 0 Å². The highest BCUT2D eigenvalue weighted by Gasteiger charge is 2.28. The molecule has 8 heteroatoms. The molecule has 2 amide bonds. The number of amides is 2. The van der Waals surface area contributed by atoms with E-state index in [9.17, 15) is 9.59 Å². The number of likely N-dealkylation sites (N-methyl/N-ethyl adjacent to an activating group) is 1. The number of aromatic nitrogens is 2. The molecule has 2 aliphatic heterocycles. The van der Waals surface area contributed by atoms with E-state index in [2.05, 4.69) is 66.4 Å². The van der Waals surface area contributed by atoms with Gasteiger partial charge < -0.3 is 19.4 Å². The molecule has 0 bridgehead atoms. The maximum Gasteiger partial charge on any atom is 0.274 e. The summed E-state index contributed by atoms with van der Waals surface area (Å²) >= 11 is 0. The van der Waals surface area contributed by atoms with Crippen molar-refractivity contribution in [3.8, 4) is 5.75 Å². The molecule has 8 nitrogen and oxygen atoms in total. The van der Waals surface area contributed by atoms with Crippen molar-refractivity contribution >= 4 is 11.8 Å². The van der Waals surface area contributed by atoms with Crippen LogP contribution < -0.4 is 4.74 Å². The molecule has 39 heavy (non-hydrogen) atoms. The Morgan fingerprint density at radius 3 is 2.59 bits per heavy atom. The van der Waals surface area contributed by atoms with E-state index in [0.717, 1.165) is 43.7 Å². The molecule has 206 valence electrons. The highest BCUT2D eigenvalue weighted by molar-refractivity contribution is 5.98. The largest absolute Gasteiger partial charge is 0.491 e. The average Bonchev–Trinajstić information content (AvgIpc) is 3.38. The van der Waals surface area contributed by atoms with Crippen molar-refractivity contribution in [3.63, 3.8) is 0 Å². The molecule has 3 heterocycles. The van der Waals surface area contributed by atoms with Crippen molar-refractivity contribution in [2.24, 2.45) is 0 Å². The molecule has 1 unspecified atom stereocenters. The predicted octanol–water partition coefficient (Wildman–Crippen LogP) is 4.20. The van der Waals surface area contributed by atoms with Gasteiger partial charge in [0.1, 0.15) is 18.1 Å². The first kappa shape index (κ1) is 26.9. The zero-order chi connectivity index (χ0) is 27.4. The Hall–Kier alpha value is -3.65. The van der Waals surface area contributed by atoms with Crippen LogP contribution in [0, 0.1) is 6.92 Å². The number of ether oxygens (including phenoxy) is 1. The van der Waals surface area contributed by atoms with E-state index < -0.39 is 0 Å². The molecule has 2 aliphatic rings. The SMILES string of the molecule is Cc1ccc2c(c1)CN(C)CCC(c1ccccc1)CCCN(C(=O)c1cc3n(n1)CCN(C)C3=O)CCO2. The first-order chi connectivity index (χ1) is 18.9. The average molecular weight is 530 g/mol. The van der Waals surface area contributed by atoms with Crippen LogP contribution in [0.2, 0.25) is 0 Å². The Morgan fingerprint density at radius 2 is 1.77 bits per heavy atom. The van der Waals surface area contributed by atoms with Crippen molar-refractivity contribution < 1.29 is 14.3 Å². The monoisotopic (exact) mass is 529 g/mol. The molecule has 5 rings (SSSR count). The molecule has 0 saturated carbocycles. The quantitative estimate of drug-likeness (QED) is 0.498. The smallest absolute Gasteiger partial charge is 0.274 e. The first-order valence-electron chi connectivity index (χ1n) is 14.0. The molecule has 0 fully saturated rings. The summed E-state index contributed by atoms with van der Waals surface area (Å²) in [5, 5.41) is 4.52. The third-order valence-corrected chi connectivity index (χ3v) is 7.89. The van der Waals surface area contributed by atoms with E-state index in [0.29, 0.717) is 50.1 Å². The van der Waals surface area contributed by atoms with Gasteiger partial charge in [0.2, 0.25) is 0 Å². The number of nitrogens with zero attached hydrogens (tertiary/aromatic N) is 5. The minimum absolute atomic E-state index is 0.0975. The molecule has 0 aliphatic carbocycles. The molecule has 0 spiro atoms. The normalized spacial score (nSPS) is 19.6. The first-order valence-corrected chi connectivity index (χ1v) is 14.0. The van der Waals surface area contributed by atoms with Crippen molar-refractivity contribution in [2.45, 2.75) is 45.2 Å². The number of rotatable bonds is 2. The van der Waals surface area contributed by atoms with Gasteiger partial charge in [-0.1, -0.05) is 48.0 Å². The second-order valence-corrected chi connectivity index (χ2v) is 10.9. The Balaban J connectivity index is 1.39. The van der Waals surface area contributed by atoms with E-state index in [-0.39, 0.29) is 11.8 Å². The molecule has 0 saturated heterocycles. The lowest BCUT2D eigenvalue weighted by Crippen LogP contribution is -2.37. The van der Waals surface area contributed by atoms with E-state index in [1.54, 1.807) is 22.7 Å². The number of benzene rings is 2. The summed E-state index contributed by atoms with van der Waals surface area (Å²) in [6.45, 7) is 6.52. The van der Waals surface area contributed by atoms with Gasteiger partial charge in [-0.3, -0.25) is 14.3 Å². The van der Waals surface area contributed by atoms with Gasteiger partial charge in [-0.05, 0) is 57.3 Å². The van der Waals surface area contributed by atoms with Gasteiger partial charge in [-0.2, -0.15) is 5.10 Å². The standard InChI is InChI=1S/C31H39N5O3/c1-23-11-12-29-26(20-23)22-33(2)15-13-25(24-8-5-4-6-9-24)10-7-14-35(18-19-39-29)30(37)27-21-28-31(38)34(3)16-17-36(28)32-27/h4-6,8-9,11-12,20-21,25H,7,10,13-19,22H2,1-3H3. The van der Waals surface area contributed by atoms with Crippen LogP contribution in [0.15, 0.2) is 54.6 Å². The third kappa shape index (κ3) is 6.33. The van der Waals surface area contributed by atoms with Gasteiger partial charge in [0.05, 0.1) is 13.1 Å². The van der Waals surface area contributed by atoms with Gasteiger partial charge >= 0.3 is 0 Å². The third-order valence-electron chi connectivity index (χ3n) is 7.89. The Labute approximate surface area is 231 Å². The zero-order valence-corrected chi connectivity index (χ0v) is 23.3. The number of aryl methyl sites for hydroxylation is 1. The topological polar surface area (TPSA) is 70.9 Å². The molecule has 0 N–H and O–H groups in total. The van der Waals surface area contributed by atoms with Crippen molar-refractivity contribution in [1.82, 2.24) is 24.5 Å². The minimum atomic E-state index is -0.150. The fraction of sp³-hybridized carbons (Fsp3) is 0.452. The Morgan fingerprint density at radius 1 is 0.949 bits per heavy atom. The van der Waals surface area contributed by atoms with E-state index in [1.165, 1.54) is 11.1 Å². The van der Waals surface area contributed by atoms with Gasteiger partial charge in [0.25, 0.3) is 11.8 Å². The van der Waals surface area contributed by atoms with Crippen molar-refractivity contribution in [3.05, 3.63) is 82.7 Å². The van der Waals surface area contributed by atoms with E-state index >= 15 is 0 Å². The second kappa shape index (κ2) is 12.0. The summed E-state index contributed by atoms with van der Waals surface area (Å²) in [6, 6.07) is 18.7. The number of hydrogen-bond acceptors (Lipinski definition) is 5.